The minimum Gasteiger partial charge on any atom is -0.399 e. The average molecular weight is 312 g/mol. The molecular weight excluding hydrogens is 296 g/mol. The molecule has 1 aliphatic rings. The Hall–Kier alpha value is -1.54. The maximum absolute atomic E-state index is 13.1. The Morgan fingerprint density at radius 2 is 1.68 bits per heavy atom. The summed E-state index contributed by atoms with van der Waals surface area (Å²) in [6.45, 7) is 7.40. The highest BCUT2D eigenvalue weighted by molar-refractivity contribution is 6.65. The number of halogens is 3. The molecule has 2 aromatic rings. The molecule has 3 rings (SSSR count). The van der Waals surface area contributed by atoms with Gasteiger partial charge in [0.25, 0.3) is 0 Å². The zero-order chi connectivity index (χ0) is 16.3. The average Bonchev–Trinajstić information content (AvgIpc) is 2.89. The first-order chi connectivity index (χ1) is 10.0. The normalized spacial score (nSPS) is 20.8. The third-order valence-corrected chi connectivity index (χ3v) is 4.39. The second kappa shape index (κ2) is 4.49. The van der Waals surface area contributed by atoms with E-state index in [0.717, 1.165) is 12.1 Å². The molecule has 0 atom stereocenters. The van der Waals surface area contributed by atoms with Crippen LogP contribution in [-0.2, 0) is 15.5 Å². The molecule has 2 heterocycles. The summed E-state index contributed by atoms with van der Waals surface area (Å²) in [4.78, 5) is 6.81. The summed E-state index contributed by atoms with van der Waals surface area (Å²) in [7, 11) is -0.891. The smallest absolute Gasteiger partial charge is 0.399 e. The number of fused-ring (bicyclic) bond motifs is 1. The van der Waals surface area contributed by atoms with E-state index in [4.69, 9.17) is 9.31 Å². The predicted molar refractivity (Wildman–Crippen MR) is 76.8 cm³/mol. The Labute approximate surface area is 126 Å². The van der Waals surface area contributed by atoms with Gasteiger partial charge in [-0.1, -0.05) is 0 Å². The lowest BCUT2D eigenvalue weighted by Gasteiger charge is -2.32. The van der Waals surface area contributed by atoms with Crippen molar-refractivity contribution in [2.75, 3.05) is 0 Å². The highest BCUT2D eigenvalue weighted by Crippen LogP contribution is 2.37. The van der Waals surface area contributed by atoms with Crippen LogP contribution in [0.4, 0.5) is 13.2 Å². The van der Waals surface area contributed by atoms with Crippen LogP contribution < -0.4 is 5.46 Å². The number of nitrogens with zero attached hydrogens (tertiary/aromatic N) is 1. The van der Waals surface area contributed by atoms with E-state index in [2.05, 4.69) is 9.97 Å². The molecule has 1 saturated heterocycles. The van der Waals surface area contributed by atoms with Crippen molar-refractivity contribution in [3.05, 3.63) is 24.0 Å². The second-order valence-electron chi connectivity index (χ2n) is 6.45. The Balaban J connectivity index is 2.13. The maximum Gasteiger partial charge on any atom is 0.497 e. The summed E-state index contributed by atoms with van der Waals surface area (Å²) >= 11 is 0. The van der Waals surface area contributed by atoms with Gasteiger partial charge in [-0.05, 0) is 39.8 Å². The van der Waals surface area contributed by atoms with Crippen molar-refractivity contribution in [2.24, 2.45) is 0 Å². The van der Waals surface area contributed by atoms with Crippen LogP contribution in [0, 0.1) is 0 Å². The van der Waals surface area contributed by atoms with Crippen molar-refractivity contribution in [3.63, 3.8) is 0 Å². The summed E-state index contributed by atoms with van der Waals surface area (Å²) in [6.07, 6.45) is -3.09. The van der Waals surface area contributed by atoms with Crippen LogP contribution in [0.5, 0.6) is 0 Å². The van der Waals surface area contributed by atoms with E-state index < -0.39 is 30.1 Å². The molecule has 118 valence electrons. The van der Waals surface area contributed by atoms with Crippen molar-refractivity contribution in [1.29, 1.82) is 0 Å². The molecule has 0 spiro atoms. The van der Waals surface area contributed by atoms with Crippen molar-refractivity contribution in [3.8, 4) is 0 Å². The Morgan fingerprint density at radius 3 is 2.23 bits per heavy atom. The van der Waals surface area contributed by atoms with Gasteiger partial charge in [0.05, 0.1) is 34.1 Å². The summed E-state index contributed by atoms with van der Waals surface area (Å²) in [6, 6.07) is 2.09. The van der Waals surface area contributed by atoms with Gasteiger partial charge < -0.3 is 14.3 Å². The predicted octanol–water partition coefficient (Wildman–Crippen LogP) is 2.88. The number of benzene rings is 1. The first kappa shape index (κ1) is 15.4. The third kappa shape index (κ3) is 2.30. The van der Waals surface area contributed by atoms with E-state index in [1.165, 1.54) is 6.33 Å². The first-order valence-corrected chi connectivity index (χ1v) is 6.91. The van der Waals surface area contributed by atoms with Gasteiger partial charge in [-0.2, -0.15) is 13.2 Å². The minimum absolute atomic E-state index is 0.282. The molecule has 1 aromatic heterocycles. The highest BCUT2D eigenvalue weighted by atomic mass is 19.4. The quantitative estimate of drug-likeness (QED) is 0.824. The monoisotopic (exact) mass is 312 g/mol. The Kier molecular flexibility index (Phi) is 3.13. The van der Waals surface area contributed by atoms with Crippen LogP contribution in [0.15, 0.2) is 18.5 Å². The molecule has 22 heavy (non-hydrogen) atoms. The summed E-state index contributed by atoms with van der Waals surface area (Å²) < 4.78 is 50.9. The van der Waals surface area contributed by atoms with Gasteiger partial charge in [0.15, 0.2) is 0 Å². The van der Waals surface area contributed by atoms with Crippen LogP contribution in [0.25, 0.3) is 11.0 Å². The fourth-order valence-electron chi connectivity index (χ4n) is 2.39. The molecular formula is C14H16BF3N2O2. The summed E-state index contributed by atoms with van der Waals surface area (Å²) in [5.74, 6) is 0. The SMILES string of the molecule is CC1(C)OB(c2cc(C(F)(F)F)cc3[nH]cnc23)OC1(C)C. The van der Waals surface area contributed by atoms with Crippen LogP contribution in [0.3, 0.4) is 0 Å². The van der Waals surface area contributed by atoms with Gasteiger partial charge in [0, 0.05) is 5.46 Å². The van der Waals surface area contributed by atoms with Crippen LogP contribution in [0.2, 0.25) is 0 Å². The van der Waals surface area contributed by atoms with E-state index >= 15 is 0 Å². The number of rotatable bonds is 1. The van der Waals surface area contributed by atoms with Crippen molar-refractivity contribution in [2.45, 2.75) is 45.1 Å². The number of alkyl halides is 3. The number of hydrogen-bond acceptors (Lipinski definition) is 3. The summed E-state index contributed by atoms with van der Waals surface area (Å²) in [5.41, 5.74) is -1.01. The highest BCUT2D eigenvalue weighted by Gasteiger charge is 2.52. The molecule has 0 amide bonds. The molecule has 0 radical (unpaired) electrons. The maximum atomic E-state index is 13.1. The largest absolute Gasteiger partial charge is 0.497 e. The summed E-state index contributed by atoms with van der Waals surface area (Å²) in [5, 5.41) is 0. The first-order valence-electron chi connectivity index (χ1n) is 6.91. The number of aromatic nitrogens is 2. The number of H-pyrrole nitrogens is 1. The van der Waals surface area contributed by atoms with E-state index in [1.54, 1.807) is 0 Å². The van der Waals surface area contributed by atoms with E-state index in [-0.39, 0.29) is 5.46 Å². The lowest BCUT2D eigenvalue weighted by atomic mass is 9.77. The van der Waals surface area contributed by atoms with E-state index in [0.29, 0.717) is 11.0 Å². The van der Waals surface area contributed by atoms with Crippen LogP contribution >= 0.6 is 0 Å². The standard InChI is InChI=1S/C14H16BF3N2O2/c1-12(2)13(3,4)22-15(21-12)9-5-8(14(16,17)18)6-10-11(9)20-7-19-10/h5-7H,1-4H3,(H,19,20). The lowest BCUT2D eigenvalue weighted by molar-refractivity contribution is -0.137. The molecule has 1 fully saturated rings. The van der Waals surface area contributed by atoms with E-state index in [1.807, 2.05) is 27.7 Å². The van der Waals surface area contributed by atoms with Gasteiger partial charge in [0.2, 0.25) is 0 Å². The molecule has 4 nitrogen and oxygen atoms in total. The second-order valence-corrected chi connectivity index (χ2v) is 6.45. The van der Waals surface area contributed by atoms with Gasteiger partial charge in [-0.3, -0.25) is 0 Å². The molecule has 1 aromatic carbocycles. The molecule has 0 aliphatic carbocycles. The topological polar surface area (TPSA) is 47.1 Å². The van der Waals surface area contributed by atoms with Crippen molar-refractivity contribution in [1.82, 2.24) is 9.97 Å². The van der Waals surface area contributed by atoms with Crippen molar-refractivity contribution < 1.29 is 22.5 Å². The fraction of sp³-hybridized carbons (Fsp3) is 0.500. The number of imidazole rings is 1. The molecule has 1 N–H and O–H groups in total. The van der Waals surface area contributed by atoms with Gasteiger partial charge in [-0.15, -0.1) is 0 Å². The molecule has 0 bridgehead atoms. The number of aromatic amines is 1. The van der Waals surface area contributed by atoms with E-state index in [9.17, 15) is 13.2 Å². The van der Waals surface area contributed by atoms with Gasteiger partial charge >= 0.3 is 13.3 Å². The van der Waals surface area contributed by atoms with Crippen molar-refractivity contribution >= 4 is 23.6 Å². The zero-order valence-electron chi connectivity index (χ0n) is 12.7. The Bertz CT molecular complexity index is 708. The molecule has 8 heteroatoms. The molecule has 1 aliphatic heterocycles. The van der Waals surface area contributed by atoms with Gasteiger partial charge in [-0.25, -0.2) is 4.98 Å². The van der Waals surface area contributed by atoms with Crippen LogP contribution in [-0.4, -0.2) is 28.3 Å². The fourth-order valence-corrected chi connectivity index (χ4v) is 2.39. The Morgan fingerprint density at radius 1 is 1.09 bits per heavy atom. The van der Waals surface area contributed by atoms with Crippen LogP contribution in [0.1, 0.15) is 33.3 Å². The third-order valence-electron chi connectivity index (χ3n) is 4.39. The minimum atomic E-state index is -4.45. The van der Waals surface area contributed by atoms with Gasteiger partial charge in [0.1, 0.15) is 0 Å². The number of hydrogen-bond donors (Lipinski definition) is 1. The molecule has 0 unspecified atom stereocenters. The number of nitrogens with one attached hydrogen (secondary N) is 1. The lowest BCUT2D eigenvalue weighted by Crippen LogP contribution is -2.41. The zero-order valence-corrected chi connectivity index (χ0v) is 12.7. The molecule has 0 saturated carbocycles.